The smallest absolute Gasteiger partial charge is 0.223 e. The lowest BCUT2D eigenvalue weighted by molar-refractivity contribution is -0.131. The van der Waals surface area contributed by atoms with E-state index in [2.05, 4.69) is 9.97 Å². The fraction of sp³-hybridized carbons (Fsp3) is 0.312. The van der Waals surface area contributed by atoms with E-state index in [0.29, 0.717) is 12.2 Å². The number of hydrogen-bond acceptors (Lipinski definition) is 5. The van der Waals surface area contributed by atoms with Crippen LogP contribution in [0.2, 0.25) is 0 Å². The highest BCUT2D eigenvalue weighted by atomic mass is 32.2. The summed E-state index contributed by atoms with van der Waals surface area (Å²) in [5, 5.41) is 1.19. The number of hydrogen-bond donors (Lipinski definition) is 0. The maximum atomic E-state index is 12.2. The van der Waals surface area contributed by atoms with Crippen molar-refractivity contribution in [3.05, 3.63) is 47.6 Å². The van der Waals surface area contributed by atoms with Gasteiger partial charge in [-0.2, -0.15) is 0 Å². The maximum Gasteiger partial charge on any atom is 0.223 e. The van der Waals surface area contributed by atoms with E-state index in [1.165, 1.54) is 5.41 Å². The fourth-order valence-corrected chi connectivity index (χ4v) is 3.95. The van der Waals surface area contributed by atoms with Gasteiger partial charge in [0.1, 0.15) is 0 Å². The lowest BCUT2D eigenvalue weighted by Crippen LogP contribution is -2.28. The summed E-state index contributed by atoms with van der Waals surface area (Å²) in [4.78, 5) is 22.6. The van der Waals surface area contributed by atoms with Gasteiger partial charge in [-0.3, -0.25) is 9.78 Å². The number of nitrogens with zero attached hydrogens (tertiary/aromatic N) is 3. The van der Waals surface area contributed by atoms with E-state index >= 15 is 0 Å². The second-order valence-electron chi connectivity index (χ2n) is 5.72. The van der Waals surface area contributed by atoms with Crippen molar-refractivity contribution in [1.29, 1.82) is 0 Å². The van der Waals surface area contributed by atoms with Gasteiger partial charge in [0.25, 0.3) is 0 Å². The molecular weight excluding hydrogens is 314 g/mol. The fourth-order valence-electron chi connectivity index (χ4n) is 2.55. The Balaban J connectivity index is 1.64. The maximum absolute atomic E-state index is 12.2. The first kappa shape index (κ1) is 15.6. The summed E-state index contributed by atoms with van der Waals surface area (Å²) in [6.07, 6.45) is 3.44. The molecule has 120 valence electrons. The lowest BCUT2D eigenvalue weighted by Gasteiger charge is -2.18. The van der Waals surface area contributed by atoms with Crippen molar-refractivity contribution >= 4 is 26.8 Å². The molecule has 2 aromatic rings. The first-order chi connectivity index (χ1) is 10.9. The van der Waals surface area contributed by atoms with Crippen LogP contribution in [0.4, 0.5) is 0 Å². The minimum absolute atomic E-state index is 0.0162. The molecule has 1 aromatic carbocycles. The Kier molecular flexibility index (Phi) is 4.12. The van der Waals surface area contributed by atoms with E-state index in [1.807, 2.05) is 24.3 Å². The molecule has 0 saturated heterocycles. The number of para-hydroxylation sites is 2. The second-order valence-corrected chi connectivity index (χ2v) is 7.65. The van der Waals surface area contributed by atoms with Gasteiger partial charge in [0.15, 0.2) is 9.84 Å². The Labute approximate surface area is 134 Å². The molecule has 0 aliphatic carbocycles. The van der Waals surface area contributed by atoms with Gasteiger partial charge in [-0.05, 0) is 12.1 Å². The van der Waals surface area contributed by atoms with Crippen molar-refractivity contribution in [2.45, 2.75) is 13.0 Å². The molecule has 1 aliphatic heterocycles. The molecule has 0 N–H and O–H groups in total. The van der Waals surface area contributed by atoms with Crippen LogP contribution in [0.25, 0.3) is 11.0 Å². The van der Waals surface area contributed by atoms with Crippen LogP contribution >= 0.6 is 0 Å². The summed E-state index contributed by atoms with van der Waals surface area (Å²) in [5.41, 5.74) is 2.30. The third-order valence-electron chi connectivity index (χ3n) is 3.76. The van der Waals surface area contributed by atoms with Gasteiger partial charge in [0, 0.05) is 24.8 Å². The van der Waals surface area contributed by atoms with Crippen LogP contribution in [-0.2, 0) is 21.2 Å². The number of amides is 1. The van der Waals surface area contributed by atoms with Crippen LogP contribution in [-0.4, -0.2) is 42.0 Å². The Bertz CT molecular complexity index is 877. The van der Waals surface area contributed by atoms with Crippen LogP contribution in [0, 0.1) is 5.92 Å². The number of sulfone groups is 1. The molecule has 7 heteroatoms. The van der Waals surface area contributed by atoms with E-state index in [-0.39, 0.29) is 24.0 Å². The van der Waals surface area contributed by atoms with Gasteiger partial charge in [0.2, 0.25) is 5.91 Å². The Morgan fingerprint density at radius 3 is 2.74 bits per heavy atom. The van der Waals surface area contributed by atoms with E-state index in [9.17, 15) is 13.2 Å². The first-order valence-corrected chi connectivity index (χ1v) is 9.00. The van der Waals surface area contributed by atoms with Crippen LogP contribution in [0.3, 0.4) is 0 Å². The minimum Gasteiger partial charge on any atom is -0.340 e. The zero-order chi connectivity index (χ0) is 16.4. The standard InChI is InChI=1S/C16H17N3O3S/c1-19(16(20)8-12-6-7-23(21,22)11-12)10-13-9-17-14-4-2-3-5-15(14)18-13/h2-7,9,12H,8,10-11H2,1H3/t12-/m1/s1. The van der Waals surface area contributed by atoms with Gasteiger partial charge in [-0.1, -0.05) is 18.2 Å². The summed E-state index contributed by atoms with van der Waals surface area (Å²) < 4.78 is 22.8. The number of aromatic nitrogens is 2. The van der Waals surface area contributed by atoms with Gasteiger partial charge < -0.3 is 4.90 Å². The average Bonchev–Trinajstić information content (AvgIpc) is 2.86. The summed E-state index contributed by atoms with van der Waals surface area (Å²) in [5.74, 6) is -0.327. The van der Waals surface area contributed by atoms with Crippen molar-refractivity contribution in [2.24, 2.45) is 5.92 Å². The van der Waals surface area contributed by atoms with Crippen molar-refractivity contribution in [3.63, 3.8) is 0 Å². The Hall–Kier alpha value is -2.28. The normalized spacial score (nSPS) is 19.1. The zero-order valence-electron chi connectivity index (χ0n) is 12.7. The van der Waals surface area contributed by atoms with E-state index in [1.54, 1.807) is 24.2 Å². The molecule has 1 amide bonds. The average molecular weight is 331 g/mol. The summed E-state index contributed by atoms with van der Waals surface area (Å²) in [7, 11) is -1.44. The number of fused-ring (bicyclic) bond motifs is 1. The molecule has 6 nitrogen and oxygen atoms in total. The van der Waals surface area contributed by atoms with E-state index < -0.39 is 9.84 Å². The molecule has 23 heavy (non-hydrogen) atoms. The number of carbonyl (C=O) groups excluding carboxylic acids is 1. The quantitative estimate of drug-likeness (QED) is 0.849. The number of carbonyl (C=O) groups is 1. The molecule has 2 heterocycles. The monoisotopic (exact) mass is 331 g/mol. The third kappa shape index (κ3) is 3.73. The largest absolute Gasteiger partial charge is 0.340 e. The van der Waals surface area contributed by atoms with Crippen LogP contribution in [0.5, 0.6) is 0 Å². The molecule has 0 saturated carbocycles. The Morgan fingerprint density at radius 2 is 2.04 bits per heavy atom. The minimum atomic E-state index is -3.12. The van der Waals surface area contributed by atoms with Gasteiger partial charge in [-0.25, -0.2) is 13.4 Å². The zero-order valence-corrected chi connectivity index (χ0v) is 13.5. The van der Waals surface area contributed by atoms with E-state index in [0.717, 1.165) is 11.0 Å². The van der Waals surface area contributed by atoms with Crippen LogP contribution in [0.1, 0.15) is 12.1 Å². The highest BCUT2D eigenvalue weighted by Gasteiger charge is 2.25. The van der Waals surface area contributed by atoms with Crippen LogP contribution in [0.15, 0.2) is 41.9 Å². The molecule has 0 unspecified atom stereocenters. The van der Waals surface area contributed by atoms with E-state index in [4.69, 9.17) is 0 Å². The lowest BCUT2D eigenvalue weighted by atomic mass is 10.1. The topological polar surface area (TPSA) is 80.2 Å². The van der Waals surface area contributed by atoms with Crippen molar-refractivity contribution in [1.82, 2.24) is 14.9 Å². The number of rotatable bonds is 4. The molecule has 1 aromatic heterocycles. The number of allylic oxidation sites excluding steroid dienone is 1. The molecule has 3 rings (SSSR count). The van der Waals surface area contributed by atoms with Crippen molar-refractivity contribution in [3.8, 4) is 0 Å². The summed E-state index contributed by atoms with van der Waals surface area (Å²) in [6.45, 7) is 0.347. The molecule has 0 radical (unpaired) electrons. The summed E-state index contributed by atoms with van der Waals surface area (Å²) >= 11 is 0. The molecule has 0 spiro atoms. The molecular formula is C16H17N3O3S. The van der Waals surface area contributed by atoms with Crippen LogP contribution < -0.4 is 0 Å². The van der Waals surface area contributed by atoms with Gasteiger partial charge in [0.05, 0.1) is 35.2 Å². The Morgan fingerprint density at radius 1 is 1.30 bits per heavy atom. The predicted molar refractivity (Wildman–Crippen MR) is 87.0 cm³/mol. The SMILES string of the molecule is CN(Cc1cnc2ccccc2n1)C(=O)C[C@H]1C=CS(=O)(=O)C1. The predicted octanol–water partition coefficient (Wildman–Crippen LogP) is 1.54. The second kappa shape index (κ2) is 6.08. The first-order valence-electron chi connectivity index (χ1n) is 7.28. The number of benzene rings is 1. The molecule has 0 bridgehead atoms. The third-order valence-corrected chi connectivity index (χ3v) is 5.23. The molecule has 1 atom stereocenters. The van der Waals surface area contributed by atoms with Gasteiger partial charge in [-0.15, -0.1) is 0 Å². The highest BCUT2D eigenvalue weighted by molar-refractivity contribution is 7.94. The van der Waals surface area contributed by atoms with Crippen molar-refractivity contribution < 1.29 is 13.2 Å². The summed E-state index contributed by atoms with van der Waals surface area (Å²) in [6, 6.07) is 7.55. The van der Waals surface area contributed by atoms with Crippen molar-refractivity contribution in [2.75, 3.05) is 12.8 Å². The highest BCUT2D eigenvalue weighted by Crippen LogP contribution is 2.19. The molecule has 1 aliphatic rings. The van der Waals surface area contributed by atoms with Gasteiger partial charge >= 0.3 is 0 Å². The molecule has 0 fully saturated rings.